The Morgan fingerprint density at radius 3 is 2.78 bits per heavy atom. The second-order valence-electron chi connectivity index (χ2n) is 5.65. The maximum Gasteiger partial charge on any atom is 0.138 e. The van der Waals surface area contributed by atoms with Crippen molar-refractivity contribution >= 4 is 22.4 Å². The van der Waals surface area contributed by atoms with Crippen molar-refractivity contribution in [2.45, 2.75) is 0 Å². The van der Waals surface area contributed by atoms with Gasteiger partial charge in [-0.05, 0) is 11.5 Å². The predicted molar refractivity (Wildman–Crippen MR) is 94.6 cm³/mol. The summed E-state index contributed by atoms with van der Waals surface area (Å²) in [5, 5.41) is 6.27. The molecule has 2 aromatic carbocycles. The second kappa shape index (κ2) is 8.50. The molecule has 1 aliphatic rings. The summed E-state index contributed by atoms with van der Waals surface area (Å²) in [6.45, 7) is 7.21. The molecule has 5 heteroatoms. The summed E-state index contributed by atoms with van der Waals surface area (Å²) in [5.74, 6) is 0.750. The number of hydrogen-bond donors (Lipinski definition) is 1. The molecule has 0 spiro atoms. The van der Waals surface area contributed by atoms with E-state index >= 15 is 0 Å². The van der Waals surface area contributed by atoms with E-state index in [1.807, 2.05) is 30.3 Å². The van der Waals surface area contributed by atoms with Gasteiger partial charge in [-0.15, -0.1) is 0 Å². The standard InChI is InChI=1S/C18H23ClN2O2/c19-18-16-4-2-1-3-15(16)5-6-17(18)23-12-8-20-7-9-21-10-13-22-14-11-21/h1-6,20H,7-14H2. The van der Waals surface area contributed by atoms with Crippen LogP contribution in [0.3, 0.4) is 0 Å². The summed E-state index contributed by atoms with van der Waals surface area (Å²) in [5.41, 5.74) is 0. The summed E-state index contributed by atoms with van der Waals surface area (Å²) < 4.78 is 11.1. The van der Waals surface area contributed by atoms with Gasteiger partial charge in [0, 0.05) is 38.1 Å². The molecule has 4 nitrogen and oxygen atoms in total. The fourth-order valence-corrected chi connectivity index (χ4v) is 3.03. The quantitative estimate of drug-likeness (QED) is 0.789. The normalized spacial score (nSPS) is 15.9. The fraction of sp³-hybridized carbons (Fsp3) is 0.444. The third-order valence-electron chi connectivity index (χ3n) is 4.07. The van der Waals surface area contributed by atoms with E-state index in [-0.39, 0.29) is 0 Å². The Morgan fingerprint density at radius 2 is 1.91 bits per heavy atom. The zero-order valence-corrected chi connectivity index (χ0v) is 14.0. The van der Waals surface area contributed by atoms with Crippen molar-refractivity contribution in [1.82, 2.24) is 10.2 Å². The van der Waals surface area contributed by atoms with Gasteiger partial charge in [0.15, 0.2) is 0 Å². The monoisotopic (exact) mass is 334 g/mol. The van der Waals surface area contributed by atoms with E-state index in [1.54, 1.807) is 0 Å². The van der Waals surface area contributed by atoms with Crippen molar-refractivity contribution in [2.75, 3.05) is 52.5 Å². The molecule has 1 saturated heterocycles. The second-order valence-corrected chi connectivity index (χ2v) is 6.03. The number of nitrogens with one attached hydrogen (secondary N) is 1. The predicted octanol–water partition coefficient (Wildman–Crippen LogP) is 2.79. The van der Waals surface area contributed by atoms with Crippen molar-refractivity contribution in [1.29, 1.82) is 0 Å². The number of benzene rings is 2. The van der Waals surface area contributed by atoms with Gasteiger partial charge in [0.2, 0.25) is 0 Å². The highest BCUT2D eigenvalue weighted by molar-refractivity contribution is 6.37. The lowest BCUT2D eigenvalue weighted by atomic mass is 10.1. The Balaban J connectivity index is 1.39. The molecule has 1 fully saturated rings. The third-order valence-corrected chi connectivity index (χ3v) is 4.46. The van der Waals surface area contributed by atoms with Crippen molar-refractivity contribution in [2.24, 2.45) is 0 Å². The van der Waals surface area contributed by atoms with E-state index in [4.69, 9.17) is 21.1 Å². The van der Waals surface area contributed by atoms with Crippen LogP contribution in [0.5, 0.6) is 5.75 Å². The topological polar surface area (TPSA) is 33.7 Å². The molecule has 1 aliphatic heterocycles. The summed E-state index contributed by atoms with van der Waals surface area (Å²) in [6.07, 6.45) is 0. The molecule has 124 valence electrons. The van der Waals surface area contributed by atoms with E-state index in [0.717, 1.165) is 62.5 Å². The van der Waals surface area contributed by atoms with Gasteiger partial charge in [-0.1, -0.05) is 41.9 Å². The maximum absolute atomic E-state index is 6.42. The summed E-state index contributed by atoms with van der Waals surface area (Å²) in [6, 6.07) is 12.1. The number of halogens is 1. The van der Waals surface area contributed by atoms with Crippen molar-refractivity contribution in [3.05, 3.63) is 41.4 Å². The molecule has 1 N–H and O–H groups in total. The molecule has 0 amide bonds. The van der Waals surface area contributed by atoms with E-state index < -0.39 is 0 Å². The van der Waals surface area contributed by atoms with Crippen LogP contribution in [0.15, 0.2) is 36.4 Å². The van der Waals surface area contributed by atoms with Crippen LogP contribution in [0.25, 0.3) is 10.8 Å². The Hall–Kier alpha value is -1.33. The lowest BCUT2D eigenvalue weighted by Crippen LogP contribution is -2.40. The van der Waals surface area contributed by atoms with Crippen LogP contribution in [-0.2, 0) is 4.74 Å². The zero-order valence-electron chi connectivity index (χ0n) is 13.3. The van der Waals surface area contributed by atoms with Gasteiger partial charge in [0.05, 0.1) is 18.2 Å². The minimum Gasteiger partial charge on any atom is -0.491 e. The van der Waals surface area contributed by atoms with Crippen molar-refractivity contribution < 1.29 is 9.47 Å². The lowest BCUT2D eigenvalue weighted by Gasteiger charge is -2.26. The van der Waals surface area contributed by atoms with E-state index in [1.165, 1.54) is 0 Å². The van der Waals surface area contributed by atoms with Gasteiger partial charge in [-0.3, -0.25) is 4.90 Å². The number of nitrogens with zero attached hydrogens (tertiary/aromatic N) is 1. The smallest absolute Gasteiger partial charge is 0.138 e. The van der Waals surface area contributed by atoms with Gasteiger partial charge in [-0.25, -0.2) is 0 Å². The minimum absolute atomic E-state index is 0.612. The molecule has 1 heterocycles. The largest absolute Gasteiger partial charge is 0.491 e. The fourth-order valence-electron chi connectivity index (χ4n) is 2.75. The molecule has 0 aromatic heterocycles. The van der Waals surface area contributed by atoms with Gasteiger partial charge in [0.25, 0.3) is 0 Å². The van der Waals surface area contributed by atoms with Gasteiger partial charge < -0.3 is 14.8 Å². The van der Waals surface area contributed by atoms with Crippen molar-refractivity contribution in [3.63, 3.8) is 0 Å². The van der Waals surface area contributed by atoms with Crippen LogP contribution in [0.4, 0.5) is 0 Å². The number of fused-ring (bicyclic) bond motifs is 1. The first-order valence-corrected chi connectivity index (χ1v) is 8.53. The number of ether oxygens (including phenoxy) is 2. The molecule has 0 saturated carbocycles. The SMILES string of the molecule is Clc1c(OCCNCCN2CCOCC2)ccc2ccccc12. The molecule has 0 bridgehead atoms. The average Bonchev–Trinajstić information content (AvgIpc) is 2.61. The molecular formula is C18H23ClN2O2. The first-order valence-electron chi connectivity index (χ1n) is 8.15. The first-order chi connectivity index (χ1) is 11.3. The third kappa shape index (κ3) is 4.58. The molecule has 0 radical (unpaired) electrons. The Morgan fingerprint density at radius 1 is 1.09 bits per heavy atom. The number of morpholine rings is 1. The molecule has 0 atom stereocenters. The van der Waals surface area contributed by atoms with Crippen LogP contribution in [0.1, 0.15) is 0 Å². The molecule has 23 heavy (non-hydrogen) atoms. The van der Waals surface area contributed by atoms with Gasteiger partial charge >= 0.3 is 0 Å². The molecule has 2 aromatic rings. The molecule has 0 aliphatic carbocycles. The van der Waals surface area contributed by atoms with Crippen LogP contribution in [0, 0.1) is 0 Å². The summed E-state index contributed by atoms with van der Waals surface area (Å²) in [4.78, 5) is 2.41. The van der Waals surface area contributed by atoms with Crippen LogP contribution in [-0.4, -0.2) is 57.4 Å². The number of rotatable bonds is 7. The Kier molecular flexibility index (Phi) is 6.11. The average molecular weight is 335 g/mol. The molecule has 0 unspecified atom stereocenters. The zero-order chi connectivity index (χ0) is 15.9. The van der Waals surface area contributed by atoms with Crippen LogP contribution < -0.4 is 10.1 Å². The lowest BCUT2D eigenvalue weighted by molar-refractivity contribution is 0.0383. The van der Waals surface area contributed by atoms with Crippen LogP contribution in [0.2, 0.25) is 5.02 Å². The van der Waals surface area contributed by atoms with E-state index in [0.29, 0.717) is 11.6 Å². The minimum atomic E-state index is 0.612. The molecule has 3 rings (SSSR count). The van der Waals surface area contributed by atoms with E-state index in [2.05, 4.69) is 16.3 Å². The summed E-state index contributed by atoms with van der Waals surface area (Å²) >= 11 is 6.42. The Bertz CT molecular complexity index is 629. The summed E-state index contributed by atoms with van der Waals surface area (Å²) in [7, 11) is 0. The van der Waals surface area contributed by atoms with Crippen LogP contribution >= 0.6 is 11.6 Å². The van der Waals surface area contributed by atoms with Gasteiger partial charge in [-0.2, -0.15) is 0 Å². The number of hydrogen-bond acceptors (Lipinski definition) is 4. The maximum atomic E-state index is 6.42. The van der Waals surface area contributed by atoms with E-state index in [9.17, 15) is 0 Å². The van der Waals surface area contributed by atoms with Gasteiger partial charge in [0.1, 0.15) is 12.4 Å². The first kappa shape index (κ1) is 16.5. The highest BCUT2D eigenvalue weighted by Gasteiger charge is 2.09. The highest BCUT2D eigenvalue weighted by atomic mass is 35.5. The highest BCUT2D eigenvalue weighted by Crippen LogP contribution is 2.32. The van der Waals surface area contributed by atoms with Crippen molar-refractivity contribution in [3.8, 4) is 5.75 Å². The Labute approximate surface area is 142 Å². The molecular weight excluding hydrogens is 312 g/mol.